The van der Waals surface area contributed by atoms with Gasteiger partial charge < -0.3 is 14.7 Å². The number of nitrogens with zero attached hydrogens (tertiary/aromatic N) is 1. The fourth-order valence-corrected chi connectivity index (χ4v) is 2.58. The fourth-order valence-electron chi connectivity index (χ4n) is 1.13. The molecule has 0 saturated carbocycles. The number of carboxylic acids is 1. The third-order valence-corrected chi connectivity index (χ3v) is 2.95. The highest BCUT2D eigenvalue weighted by atomic mass is 79.9. The molecule has 1 rings (SSSR count). The van der Waals surface area contributed by atoms with E-state index >= 15 is 0 Å². The number of ether oxygens (including phenoxy) is 1. The number of benzene rings is 1. The van der Waals surface area contributed by atoms with Gasteiger partial charge in [-0.3, -0.25) is 0 Å². The van der Waals surface area contributed by atoms with Crippen LogP contribution in [0.25, 0.3) is 0 Å². The molecule has 18 heavy (non-hydrogen) atoms. The number of oxime groups is 1. The lowest BCUT2D eigenvalue weighted by Gasteiger charge is -2.08. The van der Waals surface area contributed by atoms with E-state index in [4.69, 9.17) is 9.84 Å². The number of halogens is 2. The molecule has 5 nitrogen and oxygen atoms in total. The summed E-state index contributed by atoms with van der Waals surface area (Å²) in [5.41, 5.74) is 0.752. The number of aliphatic carboxylic acids is 1. The molecule has 0 amide bonds. The van der Waals surface area contributed by atoms with E-state index in [1.165, 1.54) is 6.21 Å². The smallest absolute Gasteiger partial charge is 0.344 e. The molecule has 7 heteroatoms. The molecule has 0 spiro atoms. The van der Waals surface area contributed by atoms with Crippen molar-refractivity contribution in [2.45, 2.75) is 6.92 Å². The molecular weight excluding hydrogens is 370 g/mol. The highest BCUT2D eigenvalue weighted by Gasteiger charge is 2.07. The Morgan fingerprint density at radius 1 is 1.44 bits per heavy atom. The Morgan fingerprint density at radius 3 is 2.56 bits per heavy atom. The first-order valence-electron chi connectivity index (χ1n) is 5.03. The van der Waals surface area contributed by atoms with Gasteiger partial charge in [0, 0.05) is 0 Å². The summed E-state index contributed by atoms with van der Waals surface area (Å²) in [6.07, 6.45) is 1.42. The molecule has 0 aliphatic carbocycles. The fraction of sp³-hybridized carbons (Fsp3) is 0.273. The summed E-state index contributed by atoms with van der Waals surface area (Å²) in [6.45, 7) is 2.00. The van der Waals surface area contributed by atoms with Crippen molar-refractivity contribution in [1.82, 2.24) is 0 Å². The molecule has 1 N–H and O–H groups in total. The van der Waals surface area contributed by atoms with E-state index in [0.29, 0.717) is 12.4 Å². The summed E-state index contributed by atoms with van der Waals surface area (Å²) >= 11 is 6.76. The van der Waals surface area contributed by atoms with Gasteiger partial charge in [-0.25, -0.2) is 4.79 Å². The van der Waals surface area contributed by atoms with Crippen molar-refractivity contribution in [3.8, 4) is 5.75 Å². The molecule has 98 valence electrons. The van der Waals surface area contributed by atoms with Crippen molar-refractivity contribution in [1.29, 1.82) is 0 Å². The lowest BCUT2D eigenvalue weighted by atomic mass is 10.2. The number of hydrogen-bond acceptors (Lipinski definition) is 4. The summed E-state index contributed by atoms with van der Waals surface area (Å²) in [4.78, 5) is 14.8. The van der Waals surface area contributed by atoms with Crippen molar-refractivity contribution < 1.29 is 19.5 Å². The number of carboxylic acid groups (broad SMARTS) is 1. The Morgan fingerprint density at radius 2 is 2.06 bits per heavy atom. The van der Waals surface area contributed by atoms with Gasteiger partial charge in [-0.05, 0) is 56.5 Å². The summed E-state index contributed by atoms with van der Waals surface area (Å²) in [6, 6.07) is 3.59. The van der Waals surface area contributed by atoms with Gasteiger partial charge in [-0.2, -0.15) is 0 Å². The minimum Gasteiger partial charge on any atom is -0.492 e. The molecule has 0 radical (unpaired) electrons. The summed E-state index contributed by atoms with van der Waals surface area (Å²) in [5, 5.41) is 11.9. The van der Waals surface area contributed by atoms with Crippen LogP contribution in [-0.2, 0) is 9.63 Å². The Kier molecular flexibility index (Phi) is 6.14. The van der Waals surface area contributed by atoms with E-state index in [-0.39, 0.29) is 0 Å². The van der Waals surface area contributed by atoms with E-state index in [1.54, 1.807) is 12.1 Å². The Bertz CT molecular complexity index is 439. The van der Waals surface area contributed by atoms with E-state index < -0.39 is 12.6 Å². The molecule has 0 saturated heterocycles. The SMILES string of the molecule is CCOc1c(Br)cc(C=NOCC(=O)O)cc1Br. The molecule has 0 atom stereocenters. The van der Waals surface area contributed by atoms with Gasteiger partial charge in [0.1, 0.15) is 5.75 Å². The van der Waals surface area contributed by atoms with Crippen molar-refractivity contribution in [2.24, 2.45) is 5.16 Å². The van der Waals surface area contributed by atoms with Crippen LogP contribution in [0.15, 0.2) is 26.2 Å². The lowest BCUT2D eigenvalue weighted by Crippen LogP contribution is -2.03. The van der Waals surface area contributed by atoms with Crippen LogP contribution >= 0.6 is 31.9 Å². The molecule has 0 aromatic heterocycles. The van der Waals surface area contributed by atoms with Gasteiger partial charge in [0.15, 0.2) is 0 Å². The maximum Gasteiger partial charge on any atom is 0.344 e. The van der Waals surface area contributed by atoms with E-state index in [2.05, 4.69) is 41.9 Å². The van der Waals surface area contributed by atoms with Crippen molar-refractivity contribution in [3.05, 3.63) is 26.6 Å². The lowest BCUT2D eigenvalue weighted by molar-refractivity contribution is -0.142. The van der Waals surface area contributed by atoms with Gasteiger partial charge in [0.25, 0.3) is 0 Å². The first-order chi connectivity index (χ1) is 8.54. The van der Waals surface area contributed by atoms with Crippen LogP contribution in [0.3, 0.4) is 0 Å². The summed E-state index contributed by atoms with van der Waals surface area (Å²) < 4.78 is 6.98. The normalized spacial score (nSPS) is 10.6. The second kappa shape index (κ2) is 7.38. The topological polar surface area (TPSA) is 68.1 Å². The first kappa shape index (κ1) is 15.0. The van der Waals surface area contributed by atoms with Crippen LogP contribution in [0.4, 0.5) is 0 Å². The predicted octanol–water partition coefficient (Wildman–Crippen LogP) is 3.05. The van der Waals surface area contributed by atoms with Crippen LogP contribution in [0.5, 0.6) is 5.75 Å². The maximum absolute atomic E-state index is 10.2. The van der Waals surface area contributed by atoms with Crippen molar-refractivity contribution >= 4 is 44.0 Å². The van der Waals surface area contributed by atoms with Crippen LogP contribution in [-0.4, -0.2) is 30.5 Å². The molecule has 1 aromatic carbocycles. The third-order valence-electron chi connectivity index (χ3n) is 1.77. The molecule has 0 aliphatic rings. The van der Waals surface area contributed by atoms with Crippen LogP contribution < -0.4 is 4.74 Å². The van der Waals surface area contributed by atoms with E-state index in [1.807, 2.05) is 6.92 Å². The van der Waals surface area contributed by atoms with E-state index in [9.17, 15) is 4.79 Å². The van der Waals surface area contributed by atoms with Crippen LogP contribution in [0, 0.1) is 0 Å². The molecule has 0 bridgehead atoms. The van der Waals surface area contributed by atoms with Crippen molar-refractivity contribution in [2.75, 3.05) is 13.2 Å². The van der Waals surface area contributed by atoms with Gasteiger partial charge in [-0.1, -0.05) is 5.16 Å². The largest absolute Gasteiger partial charge is 0.492 e. The number of carbonyl (C=O) groups is 1. The monoisotopic (exact) mass is 379 g/mol. The van der Waals surface area contributed by atoms with Crippen LogP contribution in [0.1, 0.15) is 12.5 Å². The Hall–Kier alpha value is -1.08. The number of rotatable bonds is 6. The molecule has 1 aromatic rings. The quantitative estimate of drug-likeness (QED) is 0.608. The summed E-state index contributed by atoms with van der Waals surface area (Å²) in [5.74, 6) is -0.359. The molecule has 0 unspecified atom stereocenters. The molecule has 0 aliphatic heterocycles. The van der Waals surface area contributed by atoms with Gasteiger partial charge >= 0.3 is 5.97 Å². The average Bonchev–Trinajstić information content (AvgIpc) is 2.29. The highest BCUT2D eigenvalue weighted by Crippen LogP contribution is 2.34. The third kappa shape index (κ3) is 4.66. The van der Waals surface area contributed by atoms with Crippen molar-refractivity contribution in [3.63, 3.8) is 0 Å². The zero-order chi connectivity index (χ0) is 13.5. The zero-order valence-electron chi connectivity index (χ0n) is 9.52. The van der Waals surface area contributed by atoms with Gasteiger partial charge in [-0.15, -0.1) is 0 Å². The van der Waals surface area contributed by atoms with E-state index in [0.717, 1.165) is 14.5 Å². The Balaban J connectivity index is 2.76. The van der Waals surface area contributed by atoms with Gasteiger partial charge in [0.2, 0.25) is 6.61 Å². The minimum atomic E-state index is -1.07. The number of hydrogen-bond donors (Lipinski definition) is 1. The minimum absolute atomic E-state index is 0.462. The second-order valence-electron chi connectivity index (χ2n) is 3.15. The standard InChI is InChI=1S/C11H11Br2NO4/c1-2-17-11-8(12)3-7(4-9(11)13)5-14-18-6-10(15)16/h3-5H,2,6H2,1H3,(H,15,16). The maximum atomic E-state index is 10.2. The molecule has 0 heterocycles. The molecule has 0 fully saturated rings. The van der Waals surface area contributed by atoms with Gasteiger partial charge in [0.05, 0.1) is 21.8 Å². The predicted molar refractivity (Wildman–Crippen MR) is 74.2 cm³/mol. The second-order valence-corrected chi connectivity index (χ2v) is 4.86. The summed E-state index contributed by atoms with van der Waals surface area (Å²) in [7, 11) is 0. The Labute approximate surface area is 121 Å². The molecular formula is C11H11Br2NO4. The zero-order valence-corrected chi connectivity index (χ0v) is 12.7. The van der Waals surface area contributed by atoms with Crippen LogP contribution in [0.2, 0.25) is 0 Å². The highest BCUT2D eigenvalue weighted by molar-refractivity contribution is 9.11. The average molecular weight is 381 g/mol. The first-order valence-corrected chi connectivity index (χ1v) is 6.62.